The van der Waals surface area contributed by atoms with Gasteiger partial charge >= 0.3 is 65.3 Å². The first kappa shape index (κ1) is 42.9. The van der Waals surface area contributed by atoms with Crippen molar-refractivity contribution >= 4 is 57.7 Å². The second kappa shape index (κ2) is 117. The van der Waals surface area contributed by atoms with E-state index in [-0.39, 0.29) is 61.9 Å². The van der Waals surface area contributed by atoms with Gasteiger partial charge in [0.25, 0.3) is 0 Å². The van der Waals surface area contributed by atoms with Gasteiger partial charge in [0, 0.05) is 0 Å². The van der Waals surface area contributed by atoms with Crippen LogP contribution < -0.4 is 19.6 Å². The molecule has 9 nitrogen and oxygen atoms in total. The fraction of sp³-hybridized carbons (Fsp3) is 0. The minimum atomic E-state index is -1.08. The van der Waals surface area contributed by atoms with E-state index in [0.717, 1.165) is 0 Å². The smallest absolute Gasteiger partial charge is 2.00 e. The fourth-order valence-corrected chi connectivity index (χ4v) is 0. The second-order valence-electron chi connectivity index (χ2n) is 0.298. The molecule has 0 heterocycles. The van der Waals surface area contributed by atoms with Crippen molar-refractivity contribution in [1.29, 1.82) is 0 Å². The first-order chi connectivity index (χ1) is 6.66. The van der Waals surface area contributed by atoms with Crippen LogP contribution in [-0.4, -0.2) is 26.4 Å². The normalized spacial score (nSPS) is 5.81. The fourth-order valence-electron chi connectivity index (χ4n) is 0. The summed E-state index contributed by atoms with van der Waals surface area (Å²) in [5.41, 5.74) is 0. The molecular formula is H4O9P4SnZn2. The van der Waals surface area contributed by atoms with Crippen molar-refractivity contribution in [2.45, 2.75) is 0 Å². The number of rotatable bonds is 0. The van der Waals surface area contributed by atoms with Crippen LogP contribution in [0.1, 0.15) is 0 Å². The Morgan fingerprint density at radius 2 is 0.625 bits per heavy atom. The van der Waals surface area contributed by atoms with E-state index in [4.69, 9.17) is 41.3 Å². The summed E-state index contributed by atoms with van der Waals surface area (Å²) in [6, 6.07) is 0. The van der Waals surface area contributed by atoms with Crippen LogP contribution in [0.4, 0.5) is 0 Å². The first-order valence-electron chi connectivity index (χ1n) is 1.91. The molecular weight excluding hydrogens is 517 g/mol. The minimum absolute atomic E-state index is 0. The Morgan fingerprint density at radius 3 is 0.625 bits per heavy atom. The van der Waals surface area contributed by atoms with Gasteiger partial charge < -0.3 is 19.6 Å². The molecule has 0 bridgehead atoms. The maximum atomic E-state index is 8.35. The number of hydrogen-bond acceptors (Lipinski definition) is 9. The molecule has 0 aliphatic rings. The Bertz CT molecular complexity index is 79.5. The van der Waals surface area contributed by atoms with Crippen LogP contribution in [-0.2, 0) is 57.2 Å². The van der Waals surface area contributed by atoms with Crippen molar-refractivity contribution in [2.24, 2.45) is 0 Å². The SMILES string of the molecule is O=P[O-].O=P[O-].O=P[O-].O=P[O-].[OH][SnH3].[Zn+2].[Zn+2]. The maximum absolute atomic E-state index is 8.35. The Balaban J connectivity index is -0.0000000124. The van der Waals surface area contributed by atoms with Gasteiger partial charge in [-0.3, -0.25) is 18.3 Å². The third kappa shape index (κ3) is 749. The molecule has 0 saturated carbocycles. The molecule has 86 valence electrons. The third-order valence-corrected chi connectivity index (χ3v) is 0. The van der Waals surface area contributed by atoms with Crippen molar-refractivity contribution in [3.05, 3.63) is 0 Å². The van der Waals surface area contributed by atoms with Gasteiger partial charge in [-0.2, -0.15) is 0 Å². The average molecular weight is 521 g/mol. The molecule has 0 saturated heterocycles. The van der Waals surface area contributed by atoms with Crippen LogP contribution in [0, 0.1) is 0 Å². The Kier molecular flexibility index (Phi) is 313. The van der Waals surface area contributed by atoms with E-state index in [1.54, 1.807) is 0 Å². The van der Waals surface area contributed by atoms with Gasteiger partial charge in [-0.15, -0.1) is 0 Å². The standard InChI is InChI=1S/4HO2P.H2O.Sn.2Zn.3H/c4*1-3-2;;;;;;;/h4*(H,1,2);1H2;;;;;;/q;;;;;+1;2*+2;;;/p-5. The summed E-state index contributed by atoms with van der Waals surface area (Å²) in [6.45, 7) is 0. The number of hydrogen-bond donors (Lipinski definition) is 1. The summed E-state index contributed by atoms with van der Waals surface area (Å²) < 4.78 is 40.6. The molecule has 1 N–H and O–H groups in total. The predicted molar refractivity (Wildman–Crippen MR) is 42.6 cm³/mol. The van der Waals surface area contributed by atoms with E-state index >= 15 is 0 Å². The van der Waals surface area contributed by atoms with Crippen molar-refractivity contribution in [3.63, 3.8) is 0 Å². The van der Waals surface area contributed by atoms with Crippen LogP contribution in [0.15, 0.2) is 0 Å². The molecule has 0 unspecified atom stereocenters. The van der Waals surface area contributed by atoms with Crippen molar-refractivity contribution in [1.82, 2.24) is 0 Å². The largest absolute Gasteiger partial charge is 2.00 e. The Hall–Kier alpha value is 2.25. The zero-order valence-electron chi connectivity index (χ0n) is 7.92. The Morgan fingerprint density at radius 1 is 0.625 bits per heavy atom. The quantitative estimate of drug-likeness (QED) is 0.250. The van der Waals surface area contributed by atoms with E-state index in [2.05, 4.69) is 0 Å². The zero-order valence-corrected chi connectivity index (χ0v) is 23.1. The monoisotopic (exact) mass is 520 g/mol. The average Bonchev–Trinajstić information content (AvgIpc) is 2.12. The van der Waals surface area contributed by atoms with E-state index < -0.39 is 34.7 Å². The van der Waals surface area contributed by atoms with Crippen LogP contribution in [0.5, 0.6) is 0 Å². The first-order valence-corrected chi connectivity index (χ1v) is 7.38. The van der Waals surface area contributed by atoms with E-state index in [1.165, 1.54) is 0 Å². The molecule has 0 aliphatic heterocycles. The molecule has 0 atom stereocenters. The molecule has 16 heteroatoms. The van der Waals surface area contributed by atoms with Gasteiger partial charge in [-0.25, -0.2) is 0 Å². The maximum Gasteiger partial charge on any atom is 2.00 e. The van der Waals surface area contributed by atoms with Gasteiger partial charge in [-0.1, -0.05) is 0 Å². The van der Waals surface area contributed by atoms with Crippen LogP contribution in [0.25, 0.3) is 0 Å². The van der Waals surface area contributed by atoms with Gasteiger partial charge in [0.05, 0.1) is 34.7 Å². The van der Waals surface area contributed by atoms with Crippen molar-refractivity contribution in [2.75, 3.05) is 0 Å². The van der Waals surface area contributed by atoms with Crippen LogP contribution >= 0.6 is 34.7 Å². The molecule has 0 aliphatic carbocycles. The Labute approximate surface area is 137 Å². The molecule has 0 aromatic carbocycles. The molecule has 0 radical (unpaired) electrons. The summed E-state index contributed by atoms with van der Waals surface area (Å²) in [7, 11) is -4.33. The molecule has 0 rings (SSSR count). The topological polar surface area (TPSA) is 181 Å². The van der Waals surface area contributed by atoms with E-state index in [0.29, 0.717) is 0 Å². The van der Waals surface area contributed by atoms with Crippen LogP contribution in [0.3, 0.4) is 0 Å². The van der Waals surface area contributed by atoms with Gasteiger partial charge in [-0.05, 0) is 0 Å². The molecule has 16 heavy (non-hydrogen) atoms. The van der Waals surface area contributed by atoms with Gasteiger partial charge in [0.2, 0.25) is 0 Å². The summed E-state index contributed by atoms with van der Waals surface area (Å²) in [5, 5.41) is 0. The molecule has 0 aromatic rings. The molecule has 0 aromatic heterocycles. The van der Waals surface area contributed by atoms with Crippen LogP contribution in [0.2, 0.25) is 0 Å². The summed E-state index contributed by atoms with van der Waals surface area (Å²) in [5.74, 6) is 0. The van der Waals surface area contributed by atoms with E-state index in [9.17, 15) is 0 Å². The van der Waals surface area contributed by atoms with Crippen molar-refractivity contribution < 1.29 is 80.2 Å². The summed E-state index contributed by atoms with van der Waals surface area (Å²) >= 11 is -0.0500. The van der Waals surface area contributed by atoms with Gasteiger partial charge in [0.15, 0.2) is 0 Å². The second-order valence-corrected chi connectivity index (χ2v) is 0.894. The summed E-state index contributed by atoms with van der Waals surface area (Å²) in [4.78, 5) is 33.4. The zero-order chi connectivity index (χ0) is 12.8. The minimum Gasteiger partial charge on any atom is 2.00 e. The summed E-state index contributed by atoms with van der Waals surface area (Å²) in [6.07, 6.45) is 0. The van der Waals surface area contributed by atoms with E-state index in [1.807, 2.05) is 0 Å². The predicted octanol–water partition coefficient (Wildman–Crippen LogP) is -3.53. The van der Waals surface area contributed by atoms with Gasteiger partial charge in [0.1, 0.15) is 0 Å². The molecule has 0 spiro atoms. The molecule has 0 amide bonds. The van der Waals surface area contributed by atoms with Crippen molar-refractivity contribution in [3.8, 4) is 0 Å². The third-order valence-electron chi connectivity index (χ3n) is 0. The molecule has 0 fully saturated rings.